The number of nitrogens with two attached hydrogens (primary N) is 1. The third kappa shape index (κ3) is 4.36. The molecule has 0 spiro atoms. The van der Waals surface area contributed by atoms with E-state index in [4.69, 9.17) is 5.73 Å². The fourth-order valence-corrected chi connectivity index (χ4v) is 2.17. The number of nitrogens with one attached hydrogen (secondary N) is 2. The number of nitrogens with zero attached hydrogens (tertiary/aromatic N) is 3. The molecule has 102 valence electrons. The summed E-state index contributed by atoms with van der Waals surface area (Å²) >= 11 is 1.61. The maximum Gasteiger partial charge on any atom is 0.223 e. The first kappa shape index (κ1) is 13.5. The van der Waals surface area contributed by atoms with E-state index in [1.807, 2.05) is 17.0 Å². The van der Waals surface area contributed by atoms with E-state index in [0.717, 1.165) is 43.3 Å². The van der Waals surface area contributed by atoms with Crippen LogP contribution in [-0.2, 0) is 6.42 Å². The predicted molar refractivity (Wildman–Crippen MR) is 79.5 cm³/mol. The molecule has 4 N–H and O–H groups in total. The molecule has 0 bridgehead atoms. The molecule has 0 aliphatic heterocycles. The lowest BCUT2D eigenvalue weighted by molar-refractivity contribution is 0.954. The summed E-state index contributed by atoms with van der Waals surface area (Å²) in [6.45, 7) is 3.74. The Labute approximate surface area is 116 Å². The van der Waals surface area contributed by atoms with Gasteiger partial charge in [-0.3, -0.25) is 0 Å². The van der Waals surface area contributed by atoms with Gasteiger partial charge in [0, 0.05) is 31.0 Å². The average Bonchev–Trinajstić information content (AvgIpc) is 2.89. The van der Waals surface area contributed by atoms with E-state index >= 15 is 0 Å². The first-order valence-electron chi connectivity index (χ1n) is 6.27. The molecule has 2 aromatic heterocycles. The van der Waals surface area contributed by atoms with Crippen molar-refractivity contribution in [3.8, 4) is 0 Å². The molecule has 0 saturated carbocycles. The number of hydrogen-bond acceptors (Lipinski definition) is 7. The number of nitrogen functional groups attached to an aromatic ring is 1. The summed E-state index contributed by atoms with van der Waals surface area (Å²) in [5.41, 5.74) is 8.61. The predicted octanol–water partition coefficient (Wildman–Crippen LogP) is 1.99. The van der Waals surface area contributed by atoms with Gasteiger partial charge in [0.1, 0.15) is 11.6 Å². The number of hydrogen-bond donors (Lipinski definition) is 3. The normalized spacial score (nSPS) is 10.4. The van der Waals surface area contributed by atoms with Crippen LogP contribution in [0.25, 0.3) is 0 Å². The van der Waals surface area contributed by atoms with Gasteiger partial charge in [-0.15, -0.1) is 11.3 Å². The maximum absolute atomic E-state index is 5.68. The molecular formula is C12H18N6S. The molecule has 0 aliphatic carbocycles. The van der Waals surface area contributed by atoms with Crippen LogP contribution in [0.4, 0.5) is 17.6 Å². The lowest BCUT2D eigenvalue weighted by Crippen LogP contribution is -2.10. The highest BCUT2D eigenvalue weighted by atomic mass is 32.1. The molecule has 0 unspecified atom stereocenters. The summed E-state index contributed by atoms with van der Waals surface area (Å²) in [6, 6.07) is 1.87. The molecule has 2 rings (SSSR count). The van der Waals surface area contributed by atoms with Crippen molar-refractivity contribution < 1.29 is 0 Å². The van der Waals surface area contributed by atoms with Crippen molar-refractivity contribution in [1.29, 1.82) is 0 Å². The molecule has 0 saturated heterocycles. The third-order valence-electron chi connectivity index (χ3n) is 2.47. The Bertz CT molecular complexity index is 499. The van der Waals surface area contributed by atoms with Gasteiger partial charge in [-0.1, -0.05) is 6.92 Å². The minimum atomic E-state index is 0.275. The van der Waals surface area contributed by atoms with Gasteiger partial charge < -0.3 is 16.4 Å². The van der Waals surface area contributed by atoms with Crippen molar-refractivity contribution in [2.24, 2.45) is 0 Å². The second-order valence-electron chi connectivity index (χ2n) is 4.08. The van der Waals surface area contributed by atoms with Crippen LogP contribution in [0.15, 0.2) is 17.0 Å². The quantitative estimate of drug-likeness (QED) is 0.718. The summed E-state index contributed by atoms with van der Waals surface area (Å²) in [6.07, 6.45) is 1.90. The van der Waals surface area contributed by atoms with Crippen LogP contribution in [0.2, 0.25) is 0 Å². The first-order valence-corrected chi connectivity index (χ1v) is 7.21. The van der Waals surface area contributed by atoms with Crippen molar-refractivity contribution in [3.05, 3.63) is 22.7 Å². The van der Waals surface area contributed by atoms with Crippen LogP contribution in [0, 0.1) is 0 Å². The maximum atomic E-state index is 5.68. The van der Waals surface area contributed by atoms with Crippen LogP contribution in [0.1, 0.15) is 19.0 Å². The molecule has 19 heavy (non-hydrogen) atoms. The lowest BCUT2D eigenvalue weighted by Gasteiger charge is -2.08. The van der Waals surface area contributed by atoms with Gasteiger partial charge in [0.15, 0.2) is 0 Å². The topological polar surface area (TPSA) is 88.8 Å². The van der Waals surface area contributed by atoms with Gasteiger partial charge in [0.2, 0.25) is 5.95 Å². The van der Waals surface area contributed by atoms with Gasteiger partial charge >= 0.3 is 0 Å². The Morgan fingerprint density at radius 3 is 2.58 bits per heavy atom. The van der Waals surface area contributed by atoms with E-state index in [1.54, 1.807) is 11.3 Å². The van der Waals surface area contributed by atoms with E-state index < -0.39 is 0 Å². The molecular weight excluding hydrogens is 260 g/mol. The Morgan fingerprint density at radius 2 is 1.95 bits per heavy atom. The van der Waals surface area contributed by atoms with Gasteiger partial charge in [-0.2, -0.15) is 9.97 Å². The molecule has 2 aromatic rings. The molecule has 0 amide bonds. The molecule has 0 radical (unpaired) electrons. The number of anilines is 3. The number of rotatable bonds is 7. The van der Waals surface area contributed by atoms with Gasteiger partial charge in [0.05, 0.1) is 11.2 Å². The second-order valence-corrected chi connectivity index (χ2v) is 4.80. The summed E-state index contributed by atoms with van der Waals surface area (Å²) in [4.78, 5) is 12.5. The van der Waals surface area contributed by atoms with Gasteiger partial charge in [-0.25, -0.2) is 4.98 Å². The highest BCUT2D eigenvalue weighted by Gasteiger charge is 2.02. The summed E-state index contributed by atoms with van der Waals surface area (Å²) in [5, 5.41) is 8.48. The molecule has 0 aliphatic rings. The number of aromatic nitrogens is 3. The van der Waals surface area contributed by atoms with E-state index in [2.05, 4.69) is 32.5 Å². The fraction of sp³-hybridized carbons (Fsp3) is 0.417. The highest BCUT2D eigenvalue weighted by Crippen LogP contribution is 2.12. The van der Waals surface area contributed by atoms with Gasteiger partial charge in [-0.05, 0) is 6.42 Å². The zero-order valence-electron chi connectivity index (χ0n) is 10.9. The van der Waals surface area contributed by atoms with E-state index in [1.165, 1.54) is 0 Å². The summed E-state index contributed by atoms with van der Waals surface area (Å²) in [7, 11) is 0. The van der Waals surface area contributed by atoms with Crippen molar-refractivity contribution in [3.63, 3.8) is 0 Å². The van der Waals surface area contributed by atoms with Crippen LogP contribution in [-0.4, -0.2) is 28.0 Å². The van der Waals surface area contributed by atoms with Crippen molar-refractivity contribution in [1.82, 2.24) is 15.0 Å². The molecule has 7 heteroatoms. The van der Waals surface area contributed by atoms with Crippen molar-refractivity contribution in [2.75, 3.05) is 29.5 Å². The lowest BCUT2D eigenvalue weighted by atomic mass is 10.3. The SMILES string of the molecule is CCCNc1cc(NCCc2cscn2)nc(N)n1. The number of thiazole rings is 1. The van der Waals surface area contributed by atoms with Crippen LogP contribution >= 0.6 is 11.3 Å². The summed E-state index contributed by atoms with van der Waals surface area (Å²) < 4.78 is 0. The van der Waals surface area contributed by atoms with E-state index in [-0.39, 0.29) is 5.95 Å². The summed E-state index contributed by atoms with van der Waals surface area (Å²) in [5.74, 6) is 1.77. The monoisotopic (exact) mass is 278 g/mol. The largest absolute Gasteiger partial charge is 0.370 e. The molecule has 2 heterocycles. The van der Waals surface area contributed by atoms with Crippen LogP contribution in [0.3, 0.4) is 0 Å². The minimum Gasteiger partial charge on any atom is -0.370 e. The van der Waals surface area contributed by atoms with Crippen LogP contribution in [0.5, 0.6) is 0 Å². The average molecular weight is 278 g/mol. The molecule has 6 nitrogen and oxygen atoms in total. The molecule has 0 atom stereocenters. The Morgan fingerprint density at radius 1 is 1.21 bits per heavy atom. The standard InChI is InChI=1S/C12H18N6S/c1-2-4-14-10-6-11(18-12(13)17-10)15-5-3-9-7-19-8-16-9/h6-8H,2-5H2,1H3,(H4,13,14,15,17,18). The van der Waals surface area contributed by atoms with E-state index in [0.29, 0.717) is 0 Å². The third-order valence-corrected chi connectivity index (χ3v) is 3.11. The Balaban J connectivity index is 1.90. The van der Waals surface area contributed by atoms with Crippen molar-refractivity contribution in [2.45, 2.75) is 19.8 Å². The smallest absolute Gasteiger partial charge is 0.223 e. The zero-order chi connectivity index (χ0) is 13.5. The van der Waals surface area contributed by atoms with Crippen molar-refractivity contribution >= 4 is 28.9 Å². The fourth-order valence-electron chi connectivity index (χ4n) is 1.58. The molecule has 0 fully saturated rings. The Kier molecular flexibility index (Phi) is 4.91. The second kappa shape index (κ2) is 6.89. The Hall–Kier alpha value is -1.89. The zero-order valence-corrected chi connectivity index (χ0v) is 11.7. The minimum absolute atomic E-state index is 0.275. The van der Waals surface area contributed by atoms with Crippen LogP contribution < -0.4 is 16.4 Å². The van der Waals surface area contributed by atoms with E-state index in [9.17, 15) is 0 Å². The highest BCUT2D eigenvalue weighted by molar-refractivity contribution is 7.07. The molecule has 0 aromatic carbocycles. The first-order chi connectivity index (χ1) is 9.28. The van der Waals surface area contributed by atoms with Gasteiger partial charge in [0.25, 0.3) is 0 Å².